The number of tetrazole rings is 1. The van der Waals surface area contributed by atoms with E-state index in [9.17, 15) is 4.79 Å². The molecule has 0 bridgehead atoms. The Hall–Kier alpha value is -2.25. The van der Waals surface area contributed by atoms with E-state index in [-0.39, 0.29) is 18.5 Å². The molecule has 1 amide bonds. The van der Waals surface area contributed by atoms with Gasteiger partial charge in [-0.25, -0.2) is 0 Å². The number of hydrogen-bond donors (Lipinski definition) is 1. The number of carbonyl (C=O) groups excluding carboxylic acids is 1. The van der Waals surface area contributed by atoms with Crippen LogP contribution in [-0.4, -0.2) is 26.1 Å². The van der Waals surface area contributed by atoms with Gasteiger partial charge in [-0.15, -0.1) is 10.2 Å². The molecular formula is C18H17BrClN5O. The van der Waals surface area contributed by atoms with Gasteiger partial charge in [0.1, 0.15) is 6.54 Å². The molecule has 0 radical (unpaired) electrons. The first-order valence-electron chi connectivity index (χ1n) is 8.14. The second-order valence-electron chi connectivity index (χ2n) is 5.70. The molecule has 8 heteroatoms. The molecule has 1 aromatic heterocycles. The topological polar surface area (TPSA) is 72.7 Å². The third-order valence-electron chi connectivity index (χ3n) is 3.87. The minimum atomic E-state index is -0.178. The second-order valence-corrected chi connectivity index (χ2v) is 7.03. The van der Waals surface area contributed by atoms with E-state index in [1.807, 2.05) is 49.4 Å². The molecule has 1 atom stereocenters. The minimum Gasteiger partial charge on any atom is -0.348 e. The van der Waals surface area contributed by atoms with E-state index in [2.05, 4.69) is 36.7 Å². The third kappa shape index (κ3) is 4.47. The van der Waals surface area contributed by atoms with Crippen LogP contribution in [0.25, 0.3) is 11.4 Å². The van der Waals surface area contributed by atoms with Gasteiger partial charge in [0.25, 0.3) is 0 Å². The molecule has 3 rings (SSSR count). The summed E-state index contributed by atoms with van der Waals surface area (Å²) in [6.07, 6.45) is 0.781. The molecule has 1 N–H and O–H groups in total. The summed E-state index contributed by atoms with van der Waals surface area (Å²) in [5.41, 5.74) is 1.73. The third-order valence-corrected chi connectivity index (χ3v) is 4.73. The van der Waals surface area contributed by atoms with Crippen molar-refractivity contribution in [3.63, 3.8) is 0 Å². The van der Waals surface area contributed by atoms with Gasteiger partial charge in [-0.2, -0.15) is 4.80 Å². The van der Waals surface area contributed by atoms with Crippen LogP contribution >= 0.6 is 27.5 Å². The van der Waals surface area contributed by atoms with E-state index < -0.39 is 0 Å². The highest BCUT2D eigenvalue weighted by Gasteiger charge is 2.15. The van der Waals surface area contributed by atoms with Crippen molar-refractivity contribution < 1.29 is 4.79 Å². The Kier molecular flexibility index (Phi) is 6.00. The molecule has 1 heterocycles. The van der Waals surface area contributed by atoms with E-state index in [4.69, 9.17) is 11.6 Å². The van der Waals surface area contributed by atoms with Crippen LogP contribution in [-0.2, 0) is 11.3 Å². The average molecular weight is 435 g/mol. The molecule has 1 unspecified atom stereocenters. The standard InChI is InChI=1S/C18H17BrClN5O/c1-2-16(12-7-9-13(19)10-8-12)21-17(26)11-25-23-18(22-24-25)14-5-3-4-6-15(14)20/h3-10,16H,2,11H2,1H3,(H,21,26). The van der Waals surface area contributed by atoms with Crippen LogP contribution in [0.3, 0.4) is 0 Å². The monoisotopic (exact) mass is 433 g/mol. The number of nitrogens with zero attached hydrogens (tertiary/aromatic N) is 4. The molecule has 0 saturated carbocycles. The molecule has 3 aromatic rings. The van der Waals surface area contributed by atoms with Crippen LogP contribution in [0.2, 0.25) is 5.02 Å². The Labute approximate surface area is 164 Å². The summed E-state index contributed by atoms with van der Waals surface area (Å²) in [5, 5.41) is 15.7. The van der Waals surface area contributed by atoms with Crippen molar-refractivity contribution in [2.45, 2.75) is 25.9 Å². The van der Waals surface area contributed by atoms with Gasteiger partial charge in [0.15, 0.2) is 0 Å². The molecule has 6 nitrogen and oxygen atoms in total. The SMILES string of the molecule is CCC(NC(=O)Cn1nnc(-c2ccccc2Cl)n1)c1ccc(Br)cc1. The van der Waals surface area contributed by atoms with Crippen molar-refractivity contribution in [3.8, 4) is 11.4 Å². The van der Waals surface area contributed by atoms with E-state index in [1.54, 1.807) is 6.07 Å². The number of aromatic nitrogens is 4. The summed E-state index contributed by atoms with van der Waals surface area (Å²) in [6.45, 7) is 2.01. The van der Waals surface area contributed by atoms with Crippen LogP contribution in [0.1, 0.15) is 24.9 Å². The Morgan fingerprint density at radius 2 is 1.96 bits per heavy atom. The number of carbonyl (C=O) groups is 1. The maximum Gasteiger partial charge on any atom is 0.244 e. The van der Waals surface area contributed by atoms with E-state index in [0.29, 0.717) is 16.4 Å². The summed E-state index contributed by atoms with van der Waals surface area (Å²) in [4.78, 5) is 13.6. The molecule has 0 saturated heterocycles. The maximum absolute atomic E-state index is 12.4. The van der Waals surface area contributed by atoms with Crippen molar-refractivity contribution >= 4 is 33.4 Å². The summed E-state index contributed by atoms with van der Waals surface area (Å²) in [6, 6.07) is 15.1. The van der Waals surface area contributed by atoms with E-state index >= 15 is 0 Å². The highest BCUT2D eigenvalue weighted by Crippen LogP contribution is 2.23. The van der Waals surface area contributed by atoms with Gasteiger partial charge < -0.3 is 5.32 Å². The lowest BCUT2D eigenvalue weighted by Crippen LogP contribution is -2.32. The first-order chi connectivity index (χ1) is 12.6. The molecule has 0 aliphatic carbocycles. The molecule has 0 fully saturated rings. The van der Waals surface area contributed by atoms with Gasteiger partial charge in [0.05, 0.1) is 11.1 Å². The average Bonchev–Trinajstić information content (AvgIpc) is 3.09. The van der Waals surface area contributed by atoms with Gasteiger partial charge in [0.2, 0.25) is 11.7 Å². The number of nitrogens with one attached hydrogen (secondary N) is 1. The Morgan fingerprint density at radius 1 is 1.23 bits per heavy atom. The molecule has 26 heavy (non-hydrogen) atoms. The smallest absolute Gasteiger partial charge is 0.244 e. The van der Waals surface area contributed by atoms with Crippen molar-refractivity contribution in [3.05, 3.63) is 63.6 Å². The Bertz CT molecular complexity index is 897. The molecular weight excluding hydrogens is 418 g/mol. The van der Waals surface area contributed by atoms with Crippen LogP contribution in [0, 0.1) is 0 Å². The van der Waals surface area contributed by atoms with Gasteiger partial charge in [-0.05, 0) is 41.5 Å². The lowest BCUT2D eigenvalue weighted by Gasteiger charge is -2.17. The van der Waals surface area contributed by atoms with Crippen LogP contribution in [0.4, 0.5) is 0 Å². The zero-order chi connectivity index (χ0) is 18.5. The predicted octanol–water partition coefficient (Wildman–Crippen LogP) is 4.02. The molecule has 0 spiro atoms. The zero-order valence-electron chi connectivity index (χ0n) is 14.1. The van der Waals surface area contributed by atoms with Crippen molar-refractivity contribution in [2.75, 3.05) is 0 Å². The van der Waals surface area contributed by atoms with Crippen LogP contribution in [0.15, 0.2) is 53.0 Å². The molecule has 134 valence electrons. The fourth-order valence-corrected chi connectivity index (χ4v) is 3.03. The largest absolute Gasteiger partial charge is 0.348 e. The summed E-state index contributed by atoms with van der Waals surface area (Å²) in [5.74, 6) is 0.214. The highest BCUT2D eigenvalue weighted by atomic mass is 79.9. The van der Waals surface area contributed by atoms with E-state index in [0.717, 1.165) is 16.5 Å². The van der Waals surface area contributed by atoms with Crippen LogP contribution < -0.4 is 5.32 Å². The fourth-order valence-electron chi connectivity index (χ4n) is 2.55. The Morgan fingerprint density at radius 3 is 2.65 bits per heavy atom. The van der Waals surface area contributed by atoms with Gasteiger partial charge in [-0.1, -0.05) is 58.7 Å². The van der Waals surface area contributed by atoms with Crippen molar-refractivity contribution in [1.29, 1.82) is 0 Å². The first-order valence-corrected chi connectivity index (χ1v) is 9.31. The van der Waals surface area contributed by atoms with Gasteiger partial charge >= 0.3 is 0 Å². The second kappa shape index (κ2) is 8.42. The van der Waals surface area contributed by atoms with E-state index in [1.165, 1.54) is 4.80 Å². The van der Waals surface area contributed by atoms with Gasteiger partial charge in [0, 0.05) is 10.0 Å². The van der Waals surface area contributed by atoms with Crippen molar-refractivity contribution in [1.82, 2.24) is 25.5 Å². The lowest BCUT2D eigenvalue weighted by atomic mass is 10.0. The number of hydrogen-bond acceptors (Lipinski definition) is 4. The number of amides is 1. The minimum absolute atomic E-state index is 0.00944. The fraction of sp³-hybridized carbons (Fsp3) is 0.222. The highest BCUT2D eigenvalue weighted by molar-refractivity contribution is 9.10. The number of benzene rings is 2. The maximum atomic E-state index is 12.4. The van der Waals surface area contributed by atoms with Gasteiger partial charge in [-0.3, -0.25) is 4.79 Å². The van der Waals surface area contributed by atoms with Crippen molar-refractivity contribution in [2.24, 2.45) is 0 Å². The predicted molar refractivity (Wildman–Crippen MR) is 104 cm³/mol. The number of halogens is 2. The zero-order valence-corrected chi connectivity index (χ0v) is 16.4. The molecule has 2 aromatic carbocycles. The molecule has 0 aliphatic heterocycles. The summed E-state index contributed by atoms with van der Waals surface area (Å²) in [7, 11) is 0. The Balaban J connectivity index is 1.66. The molecule has 0 aliphatic rings. The number of rotatable bonds is 6. The summed E-state index contributed by atoms with van der Waals surface area (Å²) < 4.78 is 1.00. The van der Waals surface area contributed by atoms with Crippen LogP contribution in [0.5, 0.6) is 0 Å². The normalized spacial score (nSPS) is 12.0. The quantitative estimate of drug-likeness (QED) is 0.636. The first kappa shape index (κ1) is 18.5. The lowest BCUT2D eigenvalue weighted by molar-refractivity contribution is -0.122. The summed E-state index contributed by atoms with van der Waals surface area (Å²) >= 11 is 9.56.